The SMILES string of the molecule is CC(NCC1(O)CCCCCC1)c1ccc(Cl)c(Cl)c1Cl. The molecule has 1 atom stereocenters. The van der Waals surface area contributed by atoms with Crippen molar-refractivity contribution in [1.29, 1.82) is 0 Å². The van der Waals surface area contributed by atoms with Crippen LogP contribution in [0.4, 0.5) is 0 Å². The van der Waals surface area contributed by atoms with Crippen molar-refractivity contribution in [2.24, 2.45) is 0 Å². The molecule has 21 heavy (non-hydrogen) atoms. The first-order chi connectivity index (χ1) is 9.93. The second-order valence-electron chi connectivity index (χ2n) is 6.01. The Bertz CT molecular complexity index is 485. The van der Waals surface area contributed by atoms with Crippen LogP contribution in [0.1, 0.15) is 57.1 Å². The van der Waals surface area contributed by atoms with Gasteiger partial charge in [-0.25, -0.2) is 0 Å². The normalized spacial score (nSPS) is 20.0. The average molecular weight is 351 g/mol. The molecule has 1 aromatic rings. The van der Waals surface area contributed by atoms with Crippen molar-refractivity contribution in [2.45, 2.75) is 57.1 Å². The van der Waals surface area contributed by atoms with E-state index >= 15 is 0 Å². The van der Waals surface area contributed by atoms with Crippen molar-refractivity contribution in [3.8, 4) is 0 Å². The van der Waals surface area contributed by atoms with Gasteiger partial charge >= 0.3 is 0 Å². The third-order valence-corrected chi connectivity index (χ3v) is 5.61. The van der Waals surface area contributed by atoms with Crippen molar-refractivity contribution >= 4 is 34.8 Å². The van der Waals surface area contributed by atoms with E-state index in [9.17, 15) is 5.11 Å². The van der Waals surface area contributed by atoms with Crippen LogP contribution in [0.2, 0.25) is 15.1 Å². The highest BCUT2D eigenvalue weighted by molar-refractivity contribution is 6.48. The van der Waals surface area contributed by atoms with E-state index < -0.39 is 5.60 Å². The zero-order valence-electron chi connectivity index (χ0n) is 12.3. The summed E-state index contributed by atoms with van der Waals surface area (Å²) in [5.74, 6) is 0. The van der Waals surface area contributed by atoms with Gasteiger partial charge in [0.2, 0.25) is 0 Å². The molecule has 2 N–H and O–H groups in total. The first-order valence-corrected chi connectivity index (χ1v) is 8.65. The monoisotopic (exact) mass is 349 g/mol. The Kier molecular flexibility index (Phi) is 6.22. The van der Waals surface area contributed by atoms with Gasteiger partial charge in [-0.1, -0.05) is 66.6 Å². The summed E-state index contributed by atoms with van der Waals surface area (Å²) in [6.45, 7) is 2.59. The summed E-state index contributed by atoms with van der Waals surface area (Å²) in [4.78, 5) is 0. The molecule has 1 aliphatic rings. The molecule has 1 aromatic carbocycles. The van der Waals surface area contributed by atoms with E-state index in [1.54, 1.807) is 6.07 Å². The molecule has 2 nitrogen and oxygen atoms in total. The fourth-order valence-corrected chi connectivity index (χ4v) is 3.60. The van der Waals surface area contributed by atoms with Gasteiger partial charge in [0, 0.05) is 12.6 Å². The van der Waals surface area contributed by atoms with Crippen LogP contribution in [-0.4, -0.2) is 17.3 Å². The third kappa shape index (κ3) is 4.49. The Morgan fingerprint density at radius 2 is 1.71 bits per heavy atom. The van der Waals surface area contributed by atoms with E-state index in [1.807, 2.05) is 13.0 Å². The number of aliphatic hydroxyl groups is 1. The molecule has 0 aliphatic heterocycles. The molecule has 0 radical (unpaired) electrons. The zero-order chi connectivity index (χ0) is 15.5. The van der Waals surface area contributed by atoms with E-state index in [0.29, 0.717) is 21.6 Å². The molecular formula is C16H22Cl3NO. The Hall–Kier alpha value is 0.01000. The smallest absolute Gasteiger partial charge is 0.0781 e. The predicted molar refractivity (Wildman–Crippen MR) is 90.5 cm³/mol. The summed E-state index contributed by atoms with van der Waals surface area (Å²) in [6, 6.07) is 3.65. The minimum Gasteiger partial charge on any atom is -0.389 e. The fourth-order valence-electron chi connectivity index (χ4n) is 2.89. The maximum atomic E-state index is 10.7. The van der Waals surface area contributed by atoms with E-state index in [0.717, 1.165) is 31.2 Å². The van der Waals surface area contributed by atoms with Crippen LogP contribution in [-0.2, 0) is 0 Å². The second kappa shape index (κ2) is 7.52. The molecule has 0 heterocycles. The molecule has 1 aliphatic carbocycles. The molecule has 0 saturated heterocycles. The minimum atomic E-state index is -0.604. The van der Waals surface area contributed by atoms with E-state index in [1.165, 1.54) is 12.8 Å². The van der Waals surface area contributed by atoms with Crippen LogP contribution < -0.4 is 5.32 Å². The largest absolute Gasteiger partial charge is 0.389 e. The summed E-state index contributed by atoms with van der Waals surface area (Å²) in [7, 11) is 0. The molecule has 1 fully saturated rings. The third-order valence-electron chi connectivity index (χ3n) is 4.30. The van der Waals surface area contributed by atoms with Gasteiger partial charge in [-0.15, -0.1) is 0 Å². The van der Waals surface area contributed by atoms with Gasteiger partial charge in [0.1, 0.15) is 0 Å². The van der Waals surface area contributed by atoms with Gasteiger partial charge in [-0.2, -0.15) is 0 Å². The summed E-state index contributed by atoms with van der Waals surface area (Å²) < 4.78 is 0. The van der Waals surface area contributed by atoms with Gasteiger partial charge in [-0.05, 0) is 31.4 Å². The summed E-state index contributed by atoms with van der Waals surface area (Å²) in [6.07, 6.45) is 6.36. The van der Waals surface area contributed by atoms with Crippen molar-refractivity contribution in [1.82, 2.24) is 5.32 Å². The first kappa shape index (κ1) is 17.4. The Balaban J connectivity index is 2.01. The topological polar surface area (TPSA) is 32.3 Å². The number of rotatable bonds is 4. The zero-order valence-corrected chi connectivity index (χ0v) is 14.5. The lowest BCUT2D eigenvalue weighted by Gasteiger charge is -2.29. The molecule has 0 bridgehead atoms. The highest BCUT2D eigenvalue weighted by Crippen LogP contribution is 2.35. The summed E-state index contributed by atoms with van der Waals surface area (Å²) in [5.41, 5.74) is 0.302. The van der Waals surface area contributed by atoms with Crippen LogP contribution in [0.15, 0.2) is 12.1 Å². The Morgan fingerprint density at radius 1 is 1.10 bits per heavy atom. The van der Waals surface area contributed by atoms with Crippen LogP contribution in [0, 0.1) is 0 Å². The predicted octanol–water partition coefficient (Wildman–Crippen LogP) is 5.38. The fraction of sp³-hybridized carbons (Fsp3) is 0.625. The van der Waals surface area contributed by atoms with Gasteiger partial charge in [-0.3, -0.25) is 0 Å². The molecule has 2 rings (SSSR count). The summed E-state index contributed by atoms with van der Waals surface area (Å²) >= 11 is 18.3. The van der Waals surface area contributed by atoms with E-state index in [4.69, 9.17) is 34.8 Å². The number of hydrogen-bond donors (Lipinski definition) is 2. The number of hydrogen-bond acceptors (Lipinski definition) is 2. The van der Waals surface area contributed by atoms with Gasteiger partial charge in [0.15, 0.2) is 0 Å². The molecule has 0 amide bonds. The molecular weight excluding hydrogens is 329 g/mol. The number of benzene rings is 1. The first-order valence-electron chi connectivity index (χ1n) is 7.52. The quantitative estimate of drug-likeness (QED) is 0.564. The van der Waals surface area contributed by atoms with E-state index in [2.05, 4.69) is 5.32 Å². The second-order valence-corrected chi connectivity index (χ2v) is 7.17. The van der Waals surface area contributed by atoms with Crippen molar-refractivity contribution < 1.29 is 5.11 Å². The average Bonchev–Trinajstić information content (AvgIpc) is 2.68. The lowest BCUT2D eigenvalue weighted by atomic mass is 9.94. The Morgan fingerprint density at radius 3 is 2.33 bits per heavy atom. The van der Waals surface area contributed by atoms with Crippen LogP contribution in [0.5, 0.6) is 0 Å². The van der Waals surface area contributed by atoms with E-state index in [-0.39, 0.29) is 6.04 Å². The maximum Gasteiger partial charge on any atom is 0.0781 e. The molecule has 0 aromatic heterocycles. The standard InChI is InChI=1S/C16H22Cl3NO/c1-11(12-6-7-13(17)15(19)14(12)18)20-10-16(21)8-4-2-3-5-9-16/h6-7,11,20-21H,2-5,8-10H2,1H3. The number of nitrogens with one attached hydrogen (secondary N) is 1. The van der Waals surface area contributed by atoms with Crippen molar-refractivity contribution in [3.05, 3.63) is 32.8 Å². The van der Waals surface area contributed by atoms with Crippen LogP contribution in [0.25, 0.3) is 0 Å². The maximum absolute atomic E-state index is 10.7. The molecule has 118 valence electrons. The van der Waals surface area contributed by atoms with Crippen LogP contribution in [0.3, 0.4) is 0 Å². The molecule has 1 unspecified atom stereocenters. The highest BCUT2D eigenvalue weighted by atomic mass is 35.5. The highest BCUT2D eigenvalue weighted by Gasteiger charge is 2.28. The van der Waals surface area contributed by atoms with Crippen molar-refractivity contribution in [3.63, 3.8) is 0 Å². The lowest BCUT2D eigenvalue weighted by molar-refractivity contribution is 0.0231. The molecule has 0 spiro atoms. The summed E-state index contributed by atoms with van der Waals surface area (Å²) in [5, 5.41) is 15.4. The van der Waals surface area contributed by atoms with Crippen LogP contribution >= 0.6 is 34.8 Å². The lowest BCUT2D eigenvalue weighted by Crippen LogP contribution is -2.41. The van der Waals surface area contributed by atoms with Gasteiger partial charge in [0.25, 0.3) is 0 Å². The van der Waals surface area contributed by atoms with Crippen molar-refractivity contribution in [2.75, 3.05) is 6.54 Å². The minimum absolute atomic E-state index is 0.0135. The number of halogens is 3. The molecule has 5 heteroatoms. The van der Waals surface area contributed by atoms with Gasteiger partial charge in [0.05, 0.1) is 20.7 Å². The molecule has 1 saturated carbocycles. The Labute approximate surface area is 141 Å². The van der Waals surface area contributed by atoms with Gasteiger partial charge < -0.3 is 10.4 Å².